The number of para-hydroxylation sites is 2. The average Bonchev–Trinajstić information content (AvgIpc) is 2.48. The normalized spacial score (nSPS) is 10.6. The first-order chi connectivity index (χ1) is 9.77. The van der Waals surface area contributed by atoms with Crippen LogP contribution in [0.1, 0.15) is 31.0 Å². The molecule has 0 radical (unpaired) electrons. The summed E-state index contributed by atoms with van der Waals surface area (Å²) in [7, 11) is 0. The molecule has 0 amide bonds. The minimum absolute atomic E-state index is 0.263. The zero-order valence-electron chi connectivity index (χ0n) is 12.0. The van der Waals surface area contributed by atoms with Crippen LogP contribution < -0.4 is 15.2 Å². The van der Waals surface area contributed by atoms with Gasteiger partial charge in [-0.2, -0.15) is 0 Å². The Morgan fingerprint density at radius 2 is 1.20 bits per heavy atom. The van der Waals surface area contributed by atoms with E-state index in [9.17, 15) is 0 Å². The van der Waals surface area contributed by atoms with Gasteiger partial charge in [-0.05, 0) is 26.0 Å². The van der Waals surface area contributed by atoms with Gasteiger partial charge in [0.25, 0.3) is 0 Å². The lowest BCUT2D eigenvalue weighted by Crippen LogP contribution is -2.15. The van der Waals surface area contributed by atoms with Crippen molar-refractivity contribution >= 4 is 0 Å². The molecule has 0 atom stereocenters. The molecule has 0 aliphatic carbocycles. The summed E-state index contributed by atoms with van der Waals surface area (Å²) in [4.78, 5) is 0. The maximum atomic E-state index is 6.42. The molecule has 0 unspecified atom stereocenters. The van der Waals surface area contributed by atoms with Crippen molar-refractivity contribution in [2.24, 2.45) is 5.73 Å². The summed E-state index contributed by atoms with van der Waals surface area (Å²) in [5.74, 6) is 1.66. The smallest absolute Gasteiger partial charge is 0.124 e. The molecule has 2 aromatic rings. The molecule has 106 valence electrons. The van der Waals surface area contributed by atoms with E-state index >= 15 is 0 Å². The average molecular weight is 271 g/mol. The molecule has 0 aliphatic rings. The SMILES string of the molecule is CCOc1ccccc1C(N)c1ccccc1OCC. The zero-order valence-corrected chi connectivity index (χ0v) is 12.0. The van der Waals surface area contributed by atoms with E-state index in [0.29, 0.717) is 13.2 Å². The Kier molecular flexibility index (Phi) is 5.02. The fourth-order valence-electron chi connectivity index (χ4n) is 2.22. The van der Waals surface area contributed by atoms with Crippen molar-refractivity contribution in [3.63, 3.8) is 0 Å². The van der Waals surface area contributed by atoms with E-state index in [1.807, 2.05) is 62.4 Å². The quantitative estimate of drug-likeness (QED) is 0.874. The molecule has 0 saturated heterocycles. The van der Waals surface area contributed by atoms with Crippen molar-refractivity contribution in [1.82, 2.24) is 0 Å². The molecule has 2 rings (SSSR count). The molecule has 0 aromatic heterocycles. The highest BCUT2D eigenvalue weighted by molar-refractivity contribution is 5.46. The monoisotopic (exact) mass is 271 g/mol. The first-order valence-corrected chi connectivity index (χ1v) is 6.97. The fraction of sp³-hybridized carbons (Fsp3) is 0.294. The van der Waals surface area contributed by atoms with Gasteiger partial charge in [0.2, 0.25) is 0 Å². The van der Waals surface area contributed by atoms with Crippen molar-refractivity contribution in [2.45, 2.75) is 19.9 Å². The highest BCUT2D eigenvalue weighted by Crippen LogP contribution is 2.33. The molecule has 0 saturated carbocycles. The van der Waals surface area contributed by atoms with Crippen LogP contribution in [0.5, 0.6) is 11.5 Å². The first-order valence-electron chi connectivity index (χ1n) is 6.97. The van der Waals surface area contributed by atoms with E-state index in [4.69, 9.17) is 15.2 Å². The second kappa shape index (κ2) is 6.96. The van der Waals surface area contributed by atoms with Crippen LogP contribution in [-0.2, 0) is 0 Å². The molecular formula is C17H21NO2. The molecular weight excluding hydrogens is 250 g/mol. The van der Waals surface area contributed by atoms with Gasteiger partial charge in [-0.15, -0.1) is 0 Å². The molecule has 0 bridgehead atoms. The summed E-state index contributed by atoms with van der Waals surface area (Å²) in [5.41, 5.74) is 8.37. The Hall–Kier alpha value is -2.00. The van der Waals surface area contributed by atoms with Gasteiger partial charge in [0.05, 0.1) is 19.3 Å². The van der Waals surface area contributed by atoms with Crippen LogP contribution in [0.2, 0.25) is 0 Å². The van der Waals surface area contributed by atoms with Crippen LogP contribution in [0.3, 0.4) is 0 Å². The lowest BCUT2D eigenvalue weighted by molar-refractivity contribution is 0.330. The van der Waals surface area contributed by atoms with Gasteiger partial charge >= 0.3 is 0 Å². The van der Waals surface area contributed by atoms with E-state index < -0.39 is 0 Å². The summed E-state index contributed by atoms with van der Waals surface area (Å²) in [6.45, 7) is 5.18. The van der Waals surface area contributed by atoms with Gasteiger partial charge in [0.1, 0.15) is 11.5 Å². The highest BCUT2D eigenvalue weighted by Gasteiger charge is 2.17. The van der Waals surface area contributed by atoms with Crippen molar-refractivity contribution in [1.29, 1.82) is 0 Å². The second-order valence-corrected chi connectivity index (χ2v) is 4.42. The Balaban J connectivity index is 2.38. The first kappa shape index (κ1) is 14.4. The van der Waals surface area contributed by atoms with Crippen LogP contribution in [0.15, 0.2) is 48.5 Å². The van der Waals surface area contributed by atoms with Gasteiger partial charge in [-0.25, -0.2) is 0 Å². The third-order valence-electron chi connectivity index (χ3n) is 3.11. The maximum absolute atomic E-state index is 6.42. The minimum Gasteiger partial charge on any atom is -0.494 e. The molecule has 0 aliphatic heterocycles. The van der Waals surface area contributed by atoms with Crippen LogP contribution >= 0.6 is 0 Å². The summed E-state index contributed by atoms with van der Waals surface area (Å²) in [5, 5.41) is 0. The molecule has 0 spiro atoms. The Morgan fingerprint density at radius 3 is 1.60 bits per heavy atom. The van der Waals surface area contributed by atoms with Crippen molar-refractivity contribution < 1.29 is 9.47 Å². The maximum Gasteiger partial charge on any atom is 0.124 e. The molecule has 2 aromatic carbocycles. The Morgan fingerprint density at radius 1 is 0.800 bits per heavy atom. The van der Waals surface area contributed by atoms with Crippen LogP contribution in [0, 0.1) is 0 Å². The summed E-state index contributed by atoms with van der Waals surface area (Å²) >= 11 is 0. The third kappa shape index (κ3) is 3.11. The lowest BCUT2D eigenvalue weighted by atomic mass is 9.98. The van der Waals surface area contributed by atoms with Gasteiger partial charge in [-0.1, -0.05) is 36.4 Å². The van der Waals surface area contributed by atoms with Gasteiger partial charge in [-0.3, -0.25) is 0 Å². The zero-order chi connectivity index (χ0) is 14.4. The van der Waals surface area contributed by atoms with Crippen LogP contribution in [0.4, 0.5) is 0 Å². The number of rotatable bonds is 6. The van der Waals surface area contributed by atoms with E-state index in [1.165, 1.54) is 0 Å². The molecule has 0 fully saturated rings. The highest BCUT2D eigenvalue weighted by atomic mass is 16.5. The predicted octanol–water partition coefficient (Wildman–Crippen LogP) is 3.53. The Bertz CT molecular complexity index is 505. The van der Waals surface area contributed by atoms with Gasteiger partial charge < -0.3 is 15.2 Å². The second-order valence-electron chi connectivity index (χ2n) is 4.42. The van der Waals surface area contributed by atoms with Crippen molar-refractivity contribution in [3.8, 4) is 11.5 Å². The molecule has 2 N–H and O–H groups in total. The predicted molar refractivity (Wildman–Crippen MR) is 81.3 cm³/mol. The summed E-state index contributed by atoms with van der Waals surface area (Å²) in [6.07, 6.45) is 0. The van der Waals surface area contributed by atoms with E-state index in [-0.39, 0.29) is 6.04 Å². The minimum atomic E-state index is -0.263. The largest absolute Gasteiger partial charge is 0.494 e. The van der Waals surface area contributed by atoms with Gasteiger partial charge in [0, 0.05) is 11.1 Å². The molecule has 20 heavy (non-hydrogen) atoms. The Labute approximate surface area is 120 Å². The topological polar surface area (TPSA) is 44.5 Å². The van der Waals surface area contributed by atoms with E-state index in [0.717, 1.165) is 22.6 Å². The molecule has 0 heterocycles. The number of hydrogen-bond donors (Lipinski definition) is 1. The standard InChI is InChI=1S/C17H21NO2/c1-3-19-15-11-7-5-9-13(15)17(18)14-10-6-8-12-16(14)20-4-2/h5-12,17H,3-4,18H2,1-2H3. The number of benzene rings is 2. The fourth-order valence-corrected chi connectivity index (χ4v) is 2.22. The number of ether oxygens (including phenoxy) is 2. The van der Waals surface area contributed by atoms with E-state index in [1.54, 1.807) is 0 Å². The number of nitrogens with two attached hydrogens (primary N) is 1. The lowest BCUT2D eigenvalue weighted by Gasteiger charge is -2.19. The van der Waals surface area contributed by atoms with Crippen molar-refractivity contribution in [2.75, 3.05) is 13.2 Å². The molecule has 3 heteroatoms. The van der Waals surface area contributed by atoms with Gasteiger partial charge in [0.15, 0.2) is 0 Å². The van der Waals surface area contributed by atoms with E-state index in [2.05, 4.69) is 0 Å². The van der Waals surface area contributed by atoms with Crippen LogP contribution in [0.25, 0.3) is 0 Å². The van der Waals surface area contributed by atoms with Crippen LogP contribution in [-0.4, -0.2) is 13.2 Å². The van der Waals surface area contributed by atoms with Crippen molar-refractivity contribution in [3.05, 3.63) is 59.7 Å². The third-order valence-corrected chi connectivity index (χ3v) is 3.11. The number of hydrogen-bond acceptors (Lipinski definition) is 3. The molecule has 3 nitrogen and oxygen atoms in total. The summed E-state index contributed by atoms with van der Waals surface area (Å²) in [6, 6.07) is 15.5. The summed E-state index contributed by atoms with van der Waals surface area (Å²) < 4.78 is 11.3.